The summed E-state index contributed by atoms with van der Waals surface area (Å²) in [7, 11) is 0. The predicted molar refractivity (Wildman–Crippen MR) is 64.2 cm³/mol. The summed E-state index contributed by atoms with van der Waals surface area (Å²) in [6, 6.07) is 0. The number of carbonyl (C=O) groups excluding carboxylic acids is 1. The molecule has 4 nitrogen and oxygen atoms in total. The molecule has 1 fully saturated rings. The van der Waals surface area contributed by atoms with E-state index in [4.69, 9.17) is 5.73 Å². The monoisotopic (exact) mass is 282 g/mol. The van der Waals surface area contributed by atoms with E-state index >= 15 is 0 Å². The minimum absolute atomic E-state index is 0.376. The second kappa shape index (κ2) is 5.28. The summed E-state index contributed by atoms with van der Waals surface area (Å²) in [5.74, 6) is -0.841. The van der Waals surface area contributed by atoms with Gasteiger partial charge in [0.25, 0.3) is 0 Å². The quantitative estimate of drug-likeness (QED) is 0.731. The molecule has 1 aliphatic rings. The van der Waals surface area contributed by atoms with Crippen LogP contribution in [0.1, 0.15) is 39.5 Å². The predicted octanol–water partition coefficient (Wildman–Crippen LogP) is 1.32. The van der Waals surface area contributed by atoms with Gasteiger partial charge in [-0.2, -0.15) is 13.2 Å². The Hall–Kier alpha value is -0.820. The third-order valence-corrected chi connectivity index (χ3v) is 3.97. The highest BCUT2D eigenvalue weighted by molar-refractivity contribution is 5.87. The zero-order valence-corrected chi connectivity index (χ0v) is 11.2. The average Bonchev–Trinajstić information content (AvgIpc) is 2.31. The normalized spacial score (nSPS) is 31.6. The van der Waals surface area contributed by atoms with E-state index in [0.29, 0.717) is 25.7 Å². The van der Waals surface area contributed by atoms with Crippen molar-refractivity contribution in [3.8, 4) is 0 Å². The van der Waals surface area contributed by atoms with Gasteiger partial charge in [0.1, 0.15) is 0 Å². The topological polar surface area (TPSA) is 75.3 Å². The first-order valence-corrected chi connectivity index (χ1v) is 6.33. The number of nitrogens with two attached hydrogens (primary N) is 1. The van der Waals surface area contributed by atoms with Crippen LogP contribution in [-0.2, 0) is 4.79 Å². The Balaban J connectivity index is 2.79. The highest BCUT2D eigenvalue weighted by atomic mass is 19.4. The van der Waals surface area contributed by atoms with Crippen molar-refractivity contribution in [1.82, 2.24) is 5.32 Å². The van der Waals surface area contributed by atoms with Crippen molar-refractivity contribution in [1.29, 1.82) is 0 Å². The summed E-state index contributed by atoms with van der Waals surface area (Å²) in [5, 5.41) is 11.7. The Morgan fingerprint density at radius 2 is 1.89 bits per heavy atom. The SMILES string of the molecule is CC1CCC(CO)(NC(=O)C(C)(N)C(F)(F)F)CC1. The second-order valence-corrected chi connectivity index (χ2v) is 5.78. The molecule has 4 N–H and O–H groups in total. The highest BCUT2D eigenvalue weighted by Crippen LogP contribution is 2.34. The third-order valence-electron chi connectivity index (χ3n) is 3.97. The third kappa shape index (κ3) is 3.39. The lowest BCUT2D eigenvalue weighted by Crippen LogP contribution is -2.66. The molecule has 1 unspecified atom stereocenters. The minimum Gasteiger partial charge on any atom is -0.394 e. The first-order valence-electron chi connectivity index (χ1n) is 6.33. The molecule has 112 valence electrons. The highest BCUT2D eigenvalue weighted by Gasteiger charge is 2.55. The van der Waals surface area contributed by atoms with Crippen LogP contribution in [-0.4, -0.2) is 34.9 Å². The average molecular weight is 282 g/mol. The molecule has 0 radical (unpaired) electrons. The molecule has 0 aliphatic heterocycles. The lowest BCUT2D eigenvalue weighted by Gasteiger charge is -2.40. The molecule has 0 aromatic heterocycles. The fraction of sp³-hybridized carbons (Fsp3) is 0.917. The smallest absolute Gasteiger partial charge is 0.394 e. The molecule has 0 aromatic carbocycles. The van der Waals surface area contributed by atoms with Gasteiger partial charge in [-0.25, -0.2) is 0 Å². The van der Waals surface area contributed by atoms with Gasteiger partial charge in [-0.1, -0.05) is 6.92 Å². The van der Waals surface area contributed by atoms with Crippen molar-refractivity contribution in [2.45, 2.75) is 56.8 Å². The number of aliphatic hydroxyl groups excluding tert-OH is 1. The van der Waals surface area contributed by atoms with E-state index in [-0.39, 0.29) is 6.61 Å². The van der Waals surface area contributed by atoms with Gasteiger partial charge < -0.3 is 16.2 Å². The summed E-state index contributed by atoms with van der Waals surface area (Å²) in [6.07, 6.45) is -2.38. The largest absolute Gasteiger partial charge is 0.415 e. The Kier molecular flexibility index (Phi) is 4.51. The van der Waals surface area contributed by atoms with Gasteiger partial charge in [-0.05, 0) is 38.5 Å². The Morgan fingerprint density at radius 1 is 1.42 bits per heavy atom. The summed E-state index contributed by atoms with van der Waals surface area (Å²) >= 11 is 0. The number of halogens is 3. The molecule has 0 bridgehead atoms. The molecule has 0 spiro atoms. The lowest BCUT2D eigenvalue weighted by molar-refractivity contribution is -0.189. The molecule has 0 heterocycles. The number of alkyl halides is 3. The van der Waals surface area contributed by atoms with Crippen LogP contribution in [0.5, 0.6) is 0 Å². The van der Waals surface area contributed by atoms with Crippen LogP contribution in [0.4, 0.5) is 13.2 Å². The maximum Gasteiger partial charge on any atom is 0.415 e. The molecule has 1 rings (SSSR count). The van der Waals surface area contributed by atoms with Crippen molar-refractivity contribution < 1.29 is 23.1 Å². The van der Waals surface area contributed by atoms with Crippen molar-refractivity contribution >= 4 is 5.91 Å². The van der Waals surface area contributed by atoms with E-state index in [0.717, 1.165) is 12.8 Å². The Labute approximate surface area is 110 Å². The summed E-state index contributed by atoms with van der Waals surface area (Å²) in [4.78, 5) is 11.8. The van der Waals surface area contributed by atoms with Crippen molar-refractivity contribution in [2.75, 3.05) is 6.61 Å². The van der Waals surface area contributed by atoms with E-state index in [1.54, 1.807) is 0 Å². The molecule has 7 heteroatoms. The fourth-order valence-electron chi connectivity index (χ4n) is 2.14. The number of hydrogen-bond donors (Lipinski definition) is 3. The summed E-state index contributed by atoms with van der Waals surface area (Å²) in [5.41, 5.74) is 1.15. The van der Waals surface area contributed by atoms with E-state index in [9.17, 15) is 23.1 Å². The van der Waals surface area contributed by atoms with Gasteiger partial charge in [0.05, 0.1) is 12.1 Å². The maximum absolute atomic E-state index is 12.7. The zero-order valence-electron chi connectivity index (χ0n) is 11.2. The minimum atomic E-state index is -4.82. The van der Waals surface area contributed by atoms with Crippen LogP contribution in [0, 0.1) is 5.92 Å². The summed E-state index contributed by atoms with van der Waals surface area (Å²) in [6.45, 7) is 2.30. The molecule has 0 aromatic rings. The molecule has 1 aliphatic carbocycles. The number of aliphatic hydroxyl groups is 1. The molecular formula is C12H21F3N2O2. The molecule has 1 saturated carbocycles. The number of amides is 1. The number of nitrogens with one attached hydrogen (secondary N) is 1. The van der Waals surface area contributed by atoms with Gasteiger partial charge in [-0.15, -0.1) is 0 Å². The fourth-order valence-corrected chi connectivity index (χ4v) is 2.14. The van der Waals surface area contributed by atoms with Crippen molar-refractivity contribution in [3.05, 3.63) is 0 Å². The van der Waals surface area contributed by atoms with Crippen molar-refractivity contribution in [3.63, 3.8) is 0 Å². The molecule has 1 amide bonds. The zero-order chi connectivity index (χ0) is 14.9. The van der Waals surface area contributed by atoms with Crippen LogP contribution in [0.2, 0.25) is 0 Å². The van der Waals surface area contributed by atoms with Crippen LogP contribution >= 0.6 is 0 Å². The second-order valence-electron chi connectivity index (χ2n) is 5.78. The summed E-state index contributed by atoms with van der Waals surface area (Å²) < 4.78 is 38.0. The van der Waals surface area contributed by atoms with Crippen LogP contribution in [0.3, 0.4) is 0 Å². The van der Waals surface area contributed by atoms with Gasteiger partial charge in [-0.3, -0.25) is 4.79 Å². The Morgan fingerprint density at radius 3 is 2.26 bits per heavy atom. The number of carbonyl (C=O) groups is 1. The van der Waals surface area contributed by atoms with Gasteiger partial charge in [0.15, 0.2) is 5.54 Å². The molecule has 19 heavy (non-hydrogen) atoms. The standard InChI is InChI=1S/C12H21F3N2O2/c1-8-3-5-11(7-18,6-4-8)17-9(19)10(2,16)12(13,14)15/h8,18H,3-7,16H2,1-2H3,(H,17,19). The van der Waals surface area contributed by atoms with Gasteiger partial charge in [0.2, 0.25) is 5.91 Å². The van der Waals surface area contributed by atoms with E-state index < -0.39 is 23.2 Å². The maximum atomic E-state index is 12.7. The number of rotatable bonds is 3. The van der Waals surface area contributed by atoms with E-state index in [2.05, 4.69) is 5.32 Å². The Bertz CT molecular complexity index is 334. The first kappa shape index (κ1) is 16.2. The molecular weight excluding hydrogens is 261 g/mol. The number of hydrogen-bond acceptors (Lipinski definition) is 3. The lowest BCUT2D eigenvalue weighted by atomic mass is 9.77. The van der Waals surface area contributed by atoms with Gasteiger partial charge in [0, 0.05) is 0 Å². The van der Waals surface area contributed by atoms with Crippen molar-refractivity contribution in [2.24, 2.45) is 11.7 Å². The van der Waals surface area contributed by atoms with Crippen LogP contribution < -0.4 is 11.1 Å². The van der Waals surface area contributed by atoms with Crippen LogP contribution in [0.25, 0.3) is 0 Å². The van der Waals surface area contributed by atoms with E-state index in [1.165, 1.54) is 0 Å². The first-order chi connectivity index (χ1) is 8.54. The molecule has 0 saturated heterocycles. The molecule has 1 atom stereocenters. The van der Waals surface area contributed by atoms with Gasteiger partial charge >= 0.3 is 6.18 Å². The van der Waals surface area contributed by atoms with Crippen LogP contribution in [0.15, 0.2) is 0 Å². The van der Waals surface area contributed by atoms with E-state index in [1.807, 2.05) is 6.92 Å².